The van der Waals surface area contributed by atoms with Crippen molar-refractivity contribution in [1.82, 2.24) is 0 Å². The molecule has 0 saturated heterocycles. The number of fused-ring (bicyclic) bond motifs is 1. The van der Waals surface area contributed by atoms with E-state index in [0.717, 1.165) is 5.56 Å². The smallest absolute Gasteiger partial charge is 0.343 e. The second-order valence-electron chi connectivity index (χ2n) is 6.90. The summed E-state index contributed by atoms with van der Waals surface area (Å²) in [6, 6.07) is 14.4. The Kier molecular flexibility index (Phi) is 5.14. The fraction of sp³-hybridized carbons (Fsp3) is 0.0833. The van der Waals surface area contributed by atoms with Crippen LogP contribution in [0.3, 0.4) is 0 Å². The van der Waals surface area contributed by atoms with Gasteiger partial charge in [-0.15, -0.1) is 0 Å². The normalized spacial score (nSPS) is 13.9. The minimum Gasteiger partial charge on any atom is -0.452 e. The summed E-state index contributed by atoms with van der Waals surface area (Å²) in [6.45, 7) is 3.57. The minimum absolute atomic E-state index is 0.0535. The van der Waals surface area contributed by atoms with Crippen molar-refractivity contribution in [2.24, 2.45) is 0 Å². The second-order valence-corrected chi connectivity index (χ2v) is 7.31. The van der Waals surface area contributed by atoms with Crippen molar-refractivity contribution in [3.8, 4) is 11.5 Å². The molecule has 3 aromatic carbocycles. The number of hydrogen-bond acceptors (Lipinski definition) is 4. The first-order chi connectivity index (χ1) is 14.3. The number of esters is 1. The van der Waals surface area contributed by atoms with Gasteiger partial charge in [0.2, 0.25) is 5.78 Å². The van der Waals surface area contributed by atoms with Crippen LogP contribution in [-0.4, -0.2) is 11.8 Å². The zero-order valence-electron chi connectivity index (χ0n) is 16.2. The Hall–Kier alpha value is -3.44. The maximum absolute atomic E-state index is 14.1. The molecular weight excluding hydrogens is 407 g/mol. The predicted octanol–water partition coefficient (Wildman–Crippen LogP) is 5.93. The third-order valence-corrected chi connectivity index (χ3v) is 5.10. The van der Waals surface area contributed by atoms with Gasteiger partial charge in [0.25, 0.3) is 0 Å². The van der Waals surface area contributed by atoms with Crippen LogP contribution in [0.5, 0.6) is 11.5 Å². The number of allylic oxidation sites excluding steroid dienone is 1. The van der Waals surface area contributed by atoms with Crippen molar-refractivity contribution >= 4 is 29.4 Å². The highest BCUT2D eigenvalue weighted by Crippen LogP contribution is 2.40. The summed E-state index contributed by atoms with van der Waals surface area (Å²) in [7, 11) is 0. The Morgan fingerprint density at radius 3 is 2.60 bits per heavy atom. The first kappa shape index (κ1) is 19.9. The van der Waals surface area contributed by atoms with Crippen LogP contribution in [0.25, 0.3) is 6.08 Å². The van der Waals surface area contributed by atoms with Gasteiger partial charge >= 0.3 is 5.97 Å². The van der Waals surface area contributed by atoms with Crippen molar-refractivity contribution in [2.45, 2.75) is 13.8 Å². The van der Waals surface area contributed by atoms with Crippen molar-refractivity contribution in [2.75, 3.05) is 0 Å². The fourth-order valence-electron chi connectivity index (χ4n) is 3.19. The third-order valence-electron chi connectivity index (χ3n) is 4.77. The van der Waals surface area contributed by atoms with Crippen LogP contribution in [-0.2, 0) is 0 Å². The highest BCUT2D eigenvalue weighted by molar-refractivity contribution is 6.32. The molecule has 0 atom stereocenters. The zero-order chi connectivity index (χ0) is 21.4. The predicted molar refractivity (Wildman–Crippen MR) is 112 cm³/mol. The molecule has 1 aliphatic rings. The van der Waals surface area contributed by atoms with E-state index < -0.39 is 17.6 Å². The summed E-state index contributed by atoms with van der Waals surface area (Å²) in [6.07, 6.45) is 1.28. The summed E-state index contributed by atoms with van der Waals surface area (Å²) in [4.78, 5) is 25.2. The van der Waals surface area contributed by atoms with Crippen LogP contribution in [0.2, 0.25) is 5.02 Å². The van der Waals surface area contributed by atoms with Crippen LogP contribution in [0.1, 0.15) is 37.4 Å². The van der Waals surface area contributed by atoms with Gasteiger partial charge in [-0.2, -0.15) is 0 Å². The molecule has 0 amide bonds. The highest BCUT2D eigenvalue weighted by atomic mass is 35.5. The maximum Gasteiger partial charge on any atom is 0.343 e. The van der Waals surface area contributed by atoms with Gasteiger partial charge in [0, 0.05) is 11.1 Å². The van der Waals surface area contributed by atoms with E-state index >= 15 is 0 Å². The van der Waals surface area contributed by atoms with Crippen molar-refractivity contribution in [3.05, 3.63) is 99.0 Å². The van der Waals surface area contributed by atoms with Crippen LogP contribution >= 0.6 is 11.6 Å². The lowest BCUT2D eigenvalue weighted by Crippen LogP contribution is -2.09. The molecule has 3 aromatic rings. The monoisotopic (exact) mass is 422 g/mol. The number of rotatable bonds is 3. The SMILES string of the molecule is Cc1cccc(C(=O)Oc2ccc3c(c2C)O/C(=C\c2c(F)cccc2Cl)C3=O)c1. The lowest BCUT2D eigenvalue weighted by atomic mass is 10.1. The van der Waals surface area contributed by atoms with Crippen LogP contribution < -0.4 is 9.47 Å². The number of ketones is 1. The standard InChI is InChI=1S/C24H16ClFO4/c1-13-5-3-6-15(11-13)24(28)30-20-10-9-16-22(27)21(29-23(16)14(20)2)12-17-18(25)7-4-8-19(17)26/h3-12H,1-2H3/b21-12-. The summed E-state index contributed by atoms with van der Waals surface area (Å²) >= 11 is 6.04. The summed E-state index contributed by atoms with van der Waals surface area (Å²) in [5.41, 5.74) is 2.22. The third kappa shape index (κ3) is 3.60. The molecule has 0 bridgehead atoms. The molecule has 4 rings (SSSR count). The average Bonchev–Trinajstić information content (AvgIpc) is 3.03. The topological polar surface area (TPSA) is 52.6 Å². The van der Waals surface area contributed by atoms with E-state index in [1.165, 1.54) is 30.3 Å². The molecule has 0 spiro atoms. The Morgan fingerprint density at radius 2 is 1.87 bits per heavy atom. The molecule has 0 aromatic heterocycles. The number of ether oxygens (including phenoxy) is 2. The van der Waals surface area contributed by atoms with Gasteiger partial charge < -0.3 is 9.47 Å². The molecule has 6 heteroatoms. The molecule has 30 heavy (non-hydrogen) atoms. The number of benzene rings is 3. The number of Topliss-reactive ketones (excluding diaryl/α,β-unsaturated/α-hetero) is 1. The second kappa shape index (κ2) is 7.76. The Balaban J connectivity index is 1.65. The van der Waals surface area contributed by atoms with E-state index in [4.69, 9.17) is 21.1 Å². The number of aryl methyl sites for hydroxylation is 1. The van der Waals surface area contributed by atoms with E-state index in [0.29, 0.717) is 16.7 Å². The molecule has 0 radical (unpaired) electrons. The van der Waals surface area contributed by atoms with Crippen molar-refractivity contribution in [3.63, 3.8) is 0 Å². The molecule has 0 saturated carbocycles. The van der Waals surface area contributed by atoms with Crippen LogP contribution in [0.15, 0.2) is 60.4 Å². The van der Waals surface area contributed by atoms with Gasteiger partial charge in [-0.1, -0.05) is 35.4 Å². The van der Waals surface area contributed by atoms with E-state index in [2.05, 4.69) is 0 Å². The summed E-state index contributed by atoms with van der Waals surface area (Å²) in [5, 5.41) is 0.166. The van der Waals surface area contributed by atoms with Crippen molar-refractivity contribution in [1.29, 1.82) is 0 Å². The molecule has 0 fully saturated rings. The Morgan fingerprint density at radius 1 is 1.10 bits per heavy atom. The fourth-order valence-corrected chi connectivity index (χ4v) is 3.41. The molecule has 0 unspecified atom stereocenters. The maximum atomic E-state index is 14.1. The van der Waals surface area contributed by atoms with Gasteiger partial charge in [0.15, 0.2) is 5.76 Å². The molecule has 1 aliphatic heterocycles. The van der Waals surface area contributed by atoms with E-state index in [1.807, 2.05) is 13.0 Å². The first-order valence-corrected chi connectivity index (χ1v) is 9.53. The molecule has 0 N–H and O–H groups in total. The van der Waals surface area contributed by atoms with Gasteiger partial charge in [-0.05, 0) is 56.3 Å². The van der Waals surface area contributed by atoms with Crippen LogP contribution in [0.4, 0.5) is 4.39 Å². The summed E-state index contributed by atoms with van der Waals surface area (Å²) in [5.74, 6) is -0.982. The van der Waals surface area contributed by atoms with Gasteiger partial charge in [0.1, 0.15) is 17.3 Å². The highest BCUT2D eigenvalue weighted by Gasteiger charge is 2.31. The molecular formula is C24H16ClFO4. The lowest BCUT2D eigenvalue weighted by molar-refractivity contribution is 0.0733. The van der Waals surface area contributed by atoms with Gasteiger partial charge in [-0.3, -0.25) is 4.79 Å². The number of halogens is 2. The quantitative estimate of drug-likeness (QED) is 0.298. The van der Waals surface area contributed by atoms with E-state index in [9.17, 15) is 14.0 Å². The first-order valence-electron chi connectivity index (χ1n) is 9.16. The number of carbonyl (C=O) groups is 2. The Bertz CT molecular complexity index is 1210. The number of hydrogen-bond donors (Lipinski definition) is 0. The molecule has 4 nitrogen and oxygen atoms in total. The van der Waals surface area contributed by atoms with E-state index in [-0.39, 0.29) is 27.8 Å². The molecule has 150 valence electrons. The average molecular weight is 423 g/mol. The lowest BCUT2D eigenvalue weighted by Gasteiger charge is -2.10. The van der Waals surface area contributed by atoms with Crippen LogP contribution in [0, 0.1) is 19.7 Å². The Labute approximate surface area is 177 Å². The van der Waals surface area contributed by atoms with Gasteiger partial charge in [-0.25, -0.2) is 9.18 Å². The molecule has 1 heterocycles. The van der Waals surface area contributed by atoms with E-state index in [1.54, 1.807) is 31.2 Å². The van der Waals surface area contributed by atoms with Crippen molar-refractivity contribution < 1.29 is 23.5 Å². The van der Waals surface area contributed by atoms with Gasteiger partial charge in [0.05, 0.1) is 16.1 Å². The minimum atomic E-state index is -0.563. The zero-order valence-corrected chi connectivity index (χ0v) is 16.9. The number of carbonyl (C=O) groups excluding carboxylic acids is 2. The summed E-state index contributed by atoms with van der Waals surface area (Å²) < 4.78 is 25.3. The molecule has 0 aliphatic carbocycles. The largest absolute Gasteiger partial charge is 0.452 e.